The van der Waals surface area contributed by atoms with Gasteiger partial charge in [-0.05, 0) is 30.3 Å². The van der Waals surface area contributed by atoms with Crippen LogP contribution in [0.5, 0.6) is 0 Å². The molecule has 3 N–H and O–H groups in total. The first kappa shape index (κ1) is 12.7. The topological polar surface area (TPSA) is 68.3 Å². The second-order valence-electron chi connectivity index (χ2n) is 3.86. The van der Waals surface area contributed by atoms with Crippen molar-refractivity contribution >= 4 is 33.2 Å². The summed E-state index contributed by atoms with van der Waals surface area (Å²) in [5.74, 6) is 0.717. The van der Waals surface area contributed by atoms with Gasteiger partial charge in [-0.1, -0.05) is 15.9 Å². The monoisotopic (exact) mass is 308 g/mol. The fourth-order valence-electron chi connectivity index (χ4n) is 1.55. The standard InChI is InChI=1S/C13H13BrN2O2/c14-9-3-5-12(11(15)8-9)16-13(17)6-4-10-2-1-7-18-10/h1-3,5,7-8H,4,6,15H2,(H,16,17). The van der Waals surface area contributed by atoms with E-state index < -0.39 is 0 Å². The average Bonchev–Trinajstić information content (AvgIpc) is 2.83. The van der Waals surface area contributed by atoms with Crippen LogP contribution in [-0.4, -0.2) is 5.91 Å². The van der Waals surface area contributed by atoms with Crippen LogP contribution >= 0.6 is 15.9 Å². The first-order valence-electron chi connectivity index (χ1n) is 5.52. The van der Waals surface area contributed by atoms with E-state index in [1.54, 1.807) is 24.5 Å². The lowest BCUT2D eigenvalue weighted by Crippen LogP contribution is -2.13. The summed E-state index contributed by atoms with van der Waals surface area (Å²) in [6, 6.07) is 9.01. The lowest BCUT2D eigenvalue weighted by atomic mass is 10.2. The Kier molecular flexibility index (Phi) is 4.04. The zero-order chi connectivity index (χ0) is 13.0. The third-order valence-corrected chi connectivity index (χ3v) is 2.96. The molecule has 94 valence electrons. The highest BCUT2D eigenvalue weighted by molar-refractivity contribution is 9.10. The van der Waals surface area contributed by atoms with E-state index in [2.05, 4.69) is 21.2 Å². The number of benzene rings is 1. The number of nitrogens with one attached hydrogen (secondary N) is 1. The Balaban J connectivity index is 1.91. The van der Waals surface area contributed by atoms with Crippen molar-refractivity contribution in [2.75, 3.05) is 11.1 Å². The normalized spacial score (nSPS) is 10.3. The fourth-order valence-corrected chi connectivity index (χ4v) is 1.93. The zero-order valence-electron chi connectivity index (χ0n) is 9.65. The highest BCUT2D eigenvalue weighted by Crippen LogP contribution is 2.23. The number of aryl methyl sites for hydroxylation is 1. The van der Waals surface area contributed by atoms with Crippen molar-refractivity contribution in [1.29, 1.82) is 0 Å². The van der Waals surface area contributed by atoms with E-state index in [4.69, 9.17) is 10.2 Å². The van der Waals surface area contributed by atoms with Gasteiger partial charge >= 0.3 is 0 Å². The van der Waals surface area contributed by atoms with Crippen molar-refractivity contribution in [1.82, 2.24) is 0 Å². The zero-order valence-corrected chi connectivity index (χ0v) is 11.2. The second-order valence-corrected chi connectivity index (χ2v) is 4.77. The minimum atomic E-state index is -0.0829. The molecule has 1 aromatic carbocycles. The number of hydrogen-bond acceptors (Lipinski definition) is 3. The van der Waals surface area contributed by atoms with Gasteiger partial charge in [0.05, 0.1) is 17.6 Å². The molecule has 1 aromatic heterocycles. The molecule has 0 bridgehead atoms. The summed E-state index contributed by atoms with van der Waals surface area (Å²) in [6.45, 7) is 0. The van der Waals surface area contributed by atoms with Crippen LogP contribution in [0, 0.1) is 0 Å². The van der Waals surface area contributed by atoms with E-state index >= 15 is 0 Å². The van der Waals surface area contributed by atoms with Crippen LogP contribution in [0.3, 0.4) is 0 Å². The van der Waals surface area contributed by atoms with Gasteiger partial charge in [0.1, 0.15) is 5.76 Å². The van der Waals surface area contributed by atoms with Gasteiger partial charge in [0.25, 0.3) is 0 Å². The van der Waals surface area contributed by atoms with Crippen LogP contribution in [0.2, 0.25) is 0 Å². The van der Waals surface area contributed by atoms with Crippen LogP contribution in [-0.2, 0) is 11.2 Å². The van der Waals surface area contributed by atoms with E-state index in [1.807, 2.05) is 12.1 Å². The quantitative estimate of drug-likeness (QED) is 0.852. The molecule has 1 heterocycles. The van der Waals surface area contributed by atoms with E-state index in [0.717, 1.165) is 10.2 Å². The molecule has 0 radical (unpaired) electrons. The molecule has 0 fully saturated rings. The summed E-state index contributed by atoms with van der Waals surface area (Å²) in [6.07, 6.45) is 2.54. The molecule has 0 aliphatic carbocycles. The van der Waals surface area contributed by atoms with E-state index in [0.29, 0.717) is 24.2 Å². The maximum atomic E-state index is 11.7. The predicted octanol–water partition coefficient (Wildman–Crippen LogP) is 3.20. The Morgan fingerprint density at radius 2 is 2.22 bits per heavy atom. The Bertz CT molecular complexity index is 538. The molecule has 2 aromatic rings. The van der Waals surface area contributed by atoms with Gasteiger partial charge in [-0.25, -0.2) is 0 Å². The number of nitrogens with two attached hydrogens (primary N) is 1. The maximum Gasteiger partial charge on any atom is 0.224 e. The van der Waals surface area contributed by atoms with Crippen LogP contribution < -0.4 is 11.1 Å². The van der Waals surface area contributed by atoms with Gasteiger partial charge in [-0.3, -0.25) is 4.79 Å². The molecule has 2 rings (SSSR count). The van der Waals surface area contributed by atoms with Crippen LogP contribution in [0.4, 0.5) is 11.4 Å². The van der Waals surface area contributed by atoms with Gasteiger partial charge in [0.2, 0.25) is 5.91 Å². The van der Waals surface area contributed by atoms with Gasteiger partial charge in [0, 0.05) is 17.3 Å². The first-order valence-corrected chi connectivity index (χ1v) is 6.32. The molecule has 18 heavy (non-hydrogen) atoms. The largest absolute Gasteiger partial charge is 0.469 e. The van der Waals surface area contributed by atoms with Gasteiger partial charge in [-0.2, -0.15) is 0 Å². The highest BCUT2D eigenvalue weighted by Gasteiger charge is 2.07. The molecule has 0 unspecified atom stereocenters. The number of furan rings is 1. The molecule has 0 spiro atoms. The van der Waals surface area contributed by atoms with Crippen molar-refractivity contribution in [3.05, 3.63) is 46.8 Å². The number of hydrogen-bond donors (Lipinski definition) is 2. The Morgan fingerprint density at radius 1 is 1.39 bits per heavy atom. The van der Waals surface area contributed by atoms with Crippen molar-refractivity contribution in [3.63, 3.8) is 0 Å². The average molecular weight is 309 g/mol. The first-order chi connectivity index (χ1) is 8.65. The van der Waals surface area contributed by atoms with Gasteiger partial charge in [0.15, 0.2) is 0 Å². The third-order valence-electron chi connectivity index (χ3n) is 2.47. The van der Waals surface area contributed by atoms with Crippen LogP contribution in [0.1, 0.15) is 12.2 Å². The number of carbonyl (C=O) groups is 1. The summed E-state index contributed by atoms with van der Waals surface area (Å²) >= 11 is 3.31. The van der Waals surface area contributed by atoms with Crippen LogP contribution in [0.25, 0.3) is 0 Å². The lowest BCUT2D eigenvalue weighted by molar-refractivity contribution is -0.116. The number of rotatable bonds is 4. The molecule has 1 amide bonds. The minimum Gasteiger partial charge on any atom is -0.469 e. The van der Waals surface area contributed by atoms with Crippen LogP contribution in [0.15, 0.2) is 45.5 Å². The fraction of sp³-hybridized carbons (Fsp3) is 0.154. The van der Waals surface area contributed by atoms with E-state index in [9.17, 15) is 4.79 Å². The Hall–Kier alpha value is -1.75. The number of halogens is 1. The number of carbonyl (C=O) groups excluding carboxylic acids is 1. The van der Waals surface area contributed by atoms with E-state index in [-0.39, 0.29) is 5.91 Å². The molecule has 4 nitrogen and oxygen atoms in total. The molecular weight excluding hydrogens is 296 g/mol. The summed E-state index contributed by atoms with van der Waals surface area (Å²) in [5, 5.41) is 2.77. The smallest absolute Gasteiger partial charge is 0.224 e. The Morgan fingerprint density at radius 3 is 2.89 bits per heavy atom. The van der Waals surface area contributed by atoms with Crippen molar-refractivity contribution < 1.29 is 9.21 Å². The molecule has 0 saturated heterocycles. The van der Waals surface area contributed by atoms with Gasteiger partial charge in [-0.15, -0.1) is 0 Å². The van der Waals surface area contributed by atoms with Crippen molar-refractivity contribution in [3.8, 4) is 0 Å². The van der Waals surface area contributed by atoms with Crippen molar-refractivity contribution in [2.45, 2.75) is 12.8 Å². The lowest BCUT2D eigenvalue weighted by Gasteiger charge is -2.07. The molecule has 0 aliphatic rings. The number of anilines is 2. The highest BCUT2D eigenvalue weighted by atomic mass is 79.9. The molecule has 0 atom stereocenters. The SMILES string of the molecule is Nc1cc(Br)ccc1NC(=O)CCc1ccco1. The predicted molar refractivity (Wildman–Crippen MR) is 74.2 cm³/mol. The summed E-state index contributed by atoms with van der Waals surface area (Å²) < 4.78 is 6.05. The molecule has 0 aliphatic heterocycles. The van der Waals surface area contributed by atoms with Gasteiger partial charge < -0.3 is 15.5 Å². The maximum absolute atomic E-state index is 11.7. The number of nitrogen functional groups attached to an aromatic ring is 1. The summed E-state index contributed by atoms with van der Waals surface area (Å²) in [7, 11) is 0. The third kappa shape index (κ3) is 3.37. The van der Waals surface area contributed by atoms with E-state index in [1.165, 1.54) is 0 Å². The van der Waals surface area contributed by atoms with Crippen molar-refractivity contribution in [2.24, 2.45) is 0 Å². The minimum absolute atomic E-state index is 0.0829. The Labute approximate surface area is 113 Å². The molecular formula is C13H13BrN2O2. The summed E-state index contributed by atoms with van der Waals surface area (Å²) in [4.78, 5) is 11.7. The number of amides is 1. The summed E-state index contributed by atoms with van der Waals surface area (Å²) in [5.41, 5.74) is 6.96. The second kappa shape index (κ2) is 5.73. The molecule has 5 heteroatoms. The molecule has 0 saturated carbocycles.